The van der Waals surface area contributed by atoms with Crippen molar-refractivity contribution in [2.24, 2.45) is 0 Å². The van der Waals surface area contributed by atoms with Gasteiger partial charge in [0.15, 0.2) is 0 Å². The highest BCUT2D eigenvalue weighted by molar-refractivity contribution is 7.21. The number of ether oxygens (including phenoxy) is 1. The first-order valence-corrected chi connectivity index (χ1v) is 8.42. The lowest BCUT2D eigenvalue weighted by Gasteiger charge is -2.10. The SMILES string of the molecule is C#Cc1ccc(C(=O)OC)c(NC(=O)c2sc3ccccc3c2Cl)c1. The van der Waals surface area contributed by atoms with Gasteiger partial charge in [-0.1, -0.05) is 35.7 Å². The molecule has 0 atom stereocenters. The average Bonchev–Trinajstić information content (AvgIpc) is 2.98. The van der Waals surface area contributed by atoms with E-state index < -0.39 is 11.9 Å². The van der Waals surface area contributed by atoms with Gasteiger partial charge in [0.1, 0.15) is 4.88 Å². The minimum atomic E-state index is -0.568. The summed E-state index contributed by atoms with van der Waals surface area (Å²) < 4.78 is 5.65. The van der Waals surface area contributed by atoms with Crippen LogP contribution >= 0.6 is 22.9 Å². The number of nitrogens with one attached hydrogen (secondary N) is 1. The van der Waals surface area contributed by atoms with E-state index in [0.717, 1.165) is 10.1 Å². The van der Waals surface area contributed by atoms with Crippen molar-refractivity contribution in [2.75, 3.05) is 12.4 Å². The van der Waals surface area contributed by atoms with Crippen LogP contribution in [0.5, 0.6) is 0 Å². The van der Waals surface area contributed by atoms with Gasteiger partial charge in [-0.25, -0.2) is 4.79 Å². The molecule has 2 aromatic carbocycles. The molecule has 3 rings (SSSR count). The second-order valence-electron chi connectivity index (χ2n) is 5.09. The number of amides is 1. The lowest BCUT2D eigenvalue weighted by molar-refractivity contribution is 0.0602. The Balaban J connectivity index is 2.01. The molecular weight excluding hydrogens is 358 g/mol. The van der Waals surface area contributed by atoms with Gasteiger partial charge in [-0.15, -0.1) is 17.8 Å². The molecule has 0 radical (unpaired) electrons. The van der Waals surface area contributed by atoms with E-state index in [1.54, 1.807) is 12.1 Å². The number of carbonyl (C=O) groups is 2. The predicted molar refractivity (Wildman–Crippen MR) is 101 cm³/mol. The van der Waals surface area contributed by atoms with E-state index in [-0.39, 0.29) is 11.3 Å². The second kappa shape index (κ2) is 6.98. The van der Waals surface area contributed by atoms with Crippen LogP contribution in [0.25, 0.3) is 10.1 Å². The summed E-state index contributed by atoms with van der Waals surface area (Å²) in [4.78, 5) is 25.0. The maximum absolute atomic E-state index is 12.7. The van der Waals surface area contributed by atoms with E-state index in [2.05, 4.69) is 11.2 Å². The Morgan fingerprint density at radius 1 is 1.24 bits per heavy atom. The maximum atomic E-state index is 12.7. The largest absolute Gasteiger partial charge is 0.465 e. The first-order chi connectivity index (χ1) is 12.0. The summed E-state index contributed by atoms with van der Waals surface area (Å²) in [6.45, 7) is 0. The number of rotatable bonds is 3. The van der Waals surface area contributed by atoms with E-state index in [9.17, 15) is 9.59 Å². The molecule has 0 fully saturated rings. The molecule has 0 saturated carbocycles. The van der Waals surface area contributed by atoms with Gasteiger partial charge in [0, 0.05) is 15.6 Å². The van der Waals surface area contributed by atoms with Crippen LogP contribution in [0.4, 0.5) is 5.69 Å². The fourth-order valence-corrected chi connectivity index (χ4v) is 3.78. The number of carbonyl (C=O) groups excluding carboxylic acids is 2. The molecule has 1 amide bonds. The van der Waals surface area contributed by atoms with E-state index in [0.29, 0.717) is 15.5 Å². The molecule has 1 aromatic heterocycles. The molecule has 3 aromatic rings. The molecule has 0 saturated heterocycles. The van der Waals surface area contributed by atoms with Crippen LogP contribution in [0.2, 0.25) is 5.02 Å². The quantitative estimate of drug-likeness (QED) is 0.543. The van der Waals surface area contributed by atoms with Crippen molar-refractivity contribution in [3.63, 3.8) is 0 Å². The number of hydrogen-bond donors (Lipinski definition) is 1. The first kappa shape index (κ1) is 17.0. The van der Waals surface area contributed by atoms with Crippen LogP contribution in [-0.4, -0.2) is 19.0 Å². The molecule has 0 spiro atoms. The molecule has 0 aliphatic heterocycles. The van der Waals surface area contributed by atoms with Gasteiger partial charge in [-0.3, -0.25) is 4.79 Å². The minimum absolute atomic E-state index is 0.215. The maximum Gasteiger partial charge on any atom is 0.339 e. The highest BCUT2D eigenvalue weighted by Gasteiger charge is 2.20. The number of terminal acetylenes is 1. The summed E-state index contributed by atoms with van der Waals surface area (Å²) in [5.41, 5.74) is 1.03. The number of benzene rings is 2. The van der Waals surface area contributed by atoms with Gasteiger partial charge < -0.3 is 10.1 Å². The Morgan fingerprint density at radius 3 is 2.68 bits per heavy atom. The van der Waals surface area contributed by atoms with Gasteiger partial charge in [0.25, 0.3) is 5.91 Å². The molecule has 0 aliphatic rings. The predicted octanol–water partition coefficient (Wildman–Crippen LogP) is 4.57. The van der Waals surface area contributed by atoms with E-state index >= 15 is 0 Å². The number of methoxy groups -OCH3 is 1. The molecule has 6 heteroatoms. The number of fused-ring (bicyclic) bond motifs is 1. The van der Waals surface area contributed by atoms with E-state index in [1.165, 1.54) is 24.5 Å². The monoisotopic (exact) mass is 369 g/mol. The van der Waals surface area contributed by atoms with Crippen LogP contribution in [-0.2, 0) is 4.74 Å². The standard InChI is InChI=1S/C19H12ClNO3S/c1-3-11-8-9-12(19(23)24-2)14(10-11)21-18(22)17-16(20)13-6-4-5-7-15(13)25-17/h1,4-10H,2H3,(H,21,22). The third kappa shape index (κ3) is 3.22. The number of anilines is 1. The second-order valence-corrected chi connectivity index (χ2v) is 6.52. The molecule has 0 aliphatic carbocycles. The van der Waals surface area contributed by atoms with Gasteiger partial charge in [0.2, 0.25) is 0 Å². The normalized spacial score (nSPS) is 10.3. The lowest BCUT2D eigenvalue weighted by Crippen LogP contribution is -2.15. The number of esters is 1. The molecule has 25 heavy (non-hydrogen) atoms. The number of thiophene rings is 1. The Morgan fingerprint density at radius 2 is 2.00 bits per heavy atom. The Hall–Kier alpha value is -2.81. The summed E-state index contributed by atoms with van der Waals surface area (Å²) in [6.07, 6.45) is 5.40. The third-order valence-corrected chi connectivity index (χ3v) is 5.26. The summed E-state index contributed by atoms with van der Waals surface area (Å²) >= 11 is 7.61. The van der Waals surface area contributed by atoms with Crippen LogP contribution in [0.15, 0.2) is 42.5 Å². The average molecular weight is 370 g/mol. The summed E-state index contributed by atoms with van der Waals surface area (Å²) in [5.74, 6) is 1.49. The van der Waals surface area contributed by atoms with Gasteiger partial charge in [0.05, 0.1) is 23.4 Å². The van der Waals surface area contributed by atoms with Crippen LogP contribution in [0.1, 0.15) is 25.6 Å². The third-order valence-electron chi connectivity index (χ3n) is 3.58. The molecule has 1 N–H and O–H groups in total. The number of hydrogen-bond acceptors (Lipinski definition) is 4. The van der Waals surface area contributed by atoms with Crippen molar-refractivity contribution in [1.82, 2.24) is 0 Å². The zero-order valence-corrected chi connectivity index (χ0v) is 14.7. The summed E-state index contributed by atoms with van der Waals surface area (Å²) in [6, 6.07) is 12.1. The topological polar surface area (TPSA) is 55.4 Å². The highest BCUT2D eigenvalue weighted by atomic mass is 35.5. The van der Waals surface area contributed by atoms with Crippen molar-refractivity contribution in [2.45, 2.75) is 0 Å². The molecule has 0 unspecified atom stereocenters. The van der Waals surface area contributed by atoms with Gasteiger partial charge in [-0.05, 0) is 24.3 Å². The smallest absolute Gasteiger partial charge is 0.339 e. The van der Waals surface area contributed by atoms with Crippen molar-refractivity contribution in [3.8, 4) is 12.3 Å². The van der Waals surface area contributed by atoms with Crippen molar-refractivity contribution >= 4 is 50.6 Å². The van der Waals surface area contributed by atoms with Crippen LogP contribution in [0, 0.1) is 12.3 Å². The zero-order chi connectivity index (χ0) is 18.0. The van der Waals surface area contributed by atoms with Gasteiger partial charge >= 0.3 is 5.97 Å². The molecule has 0 bridgehead atoms. The minimum Gasteiger partial charge on any atom is -0.465 e. The lowest BCUT2D eigenvalue weighted by atomic mass is 10.1. The van der Waals surface area contributed by atoms with Crippen molar-refractivity contribution in [3.05, 3.63) is 63.5 Å². The Kier molecular flexibility index (Phi) is 4.75. The first-order valence-electron chi connectivity index (χ1n) is 7.22. The van der Waals surface area contributed by atoms with E-state index in [4.69, 9.17) is 22.8 Å². The van der Waals surface area contributed by atoms with Gasteiger partial charge in [-0.2, -0.15) is 0 Å². The van der Waals surface area contributed by atoms with Crippen LogP contribution in [0.3, 0.4) is 0 Å². The molecular formula is C19H12ClNO3S. The zero-order valence-electron chi connectivity index (χ0n) is 13.1. The molecule has 1 heterocycles. The summed E-state index contributed by atoms with van der Waals surface area (Å²) in [7, 11) is 1.27. The van der Waals surface area contributed by atoms with E-state index in [1.807, 2.05) is 24.3 Å². The fourth-order valence-electron chi connectivity index (χ4n) is 2.36. The number of halogens is 1. The molecule has 124 valence electrons. The van der Waals surface area contributed by atoms with Crippen molar-refractivity contribution < 1.29 is 14.3 Å². The van der Waals surface area contributed by atoms with Crippen LogP contribution < -0.4 is 5.32 Å². The Labute approximate surface area is 153 Å². The summed E-state index contributed by atoms with van der Waals surface area (Å²) in [5, 5.41) is 3.90. The highest BCUT2D eigenvalue weighted by Crippen LogP contribution is 2.35. The molecule has 4 nitrogen and oxygen atoms in total. The Bertz CT molecular complexity index is 1030. The van der Waals surface area contributed by atoms with Crippen molar-refractivity contribution in [1.29, 1.82) is 0 Å². The fraction of sp³-hybridized carbons (Fsp3) is 0.0526.